The van der Waals surface area contributed by atoms with Crippen LogP contribution in [0.3, 0.4) is 0 Å². The van der Waals surface area contributed by atoms with Crippen LogP contribution in [0.2, 0.25) is 0 Å². The zero-order valence-electron chi connectivity index (χ0n) is 10.8. The van der Waals surface area contributed by atoms with Gasteiger partial charge in [0.05, 0.1) is 0 Å². The fraction of sp³-hybridized carbons (Fsp3) is 0.571. The van der Waals surface area contributed by atoms with Crippen molar-refractivity contribution in [3.8, 4) is 0 Å². The molecule has 0 amide bonds. The highest BCUT2D eigenvalue weighted by Gasteiger charge is 2.16. The minimum Gasteiger partial charge on any atom is -0.316 e. The Morgan fingerprint density at radius 3 is 2.65 bits per heavy atom. The number of hydrogen-bond donors (Lipinski definition) is 1. The summed E-state index contributed by atoms with van der Waals surface area (Å²) < 4.78 is 14.5. The highest BCUT2D eigenvalue weighted by atomic mass is 79.9. The van der Waals surface area contributed by atoms with Gasteiger partial charge in [-0.3, -0.25) is 0 Å². The summed E-state index contributed by atoms with van der Waals surface area (Å²) in [6, 6.07) is 5.63. The highest BCUT2D eigenvalue weighted by Crippen LogP contribution is 2.20. The van der Waals surface area contributed by atoms with Crippen LogP contribution in [-0.2, 0) is 6.42 Å². The number of benzene rings is 1. The minimum absolute atomic E-state index is 0.122. The smallest absolute Gasteiger partial charge is 0.127 e. The SMILES string of the molecule is CCCC(C)C(Cc1ccc(Br)cc1F)NC. The van der Waals surface area contributed by atoms with Crippen molar-refractivity contribution >= 4 is 15.9 Å². The van der Waals surface area contributed by atoms with Crippen LogP contribution in [-0.4, -0.2) is 13.1 Å². The fourth-order valence-electron chi connectivity index (χ4n) is 2.17. The van der Waals surface area contributed by atoms with Crippen LogP contribution in [0.5, 0.6) is 0 Å². The molecule has 0 bridgehead atoms. The van der Waals surface area contributed by atoms with Crippen molar-refractivity contribution in [2.24, 2.45) is 5.92 Å². The van der Waals surface area contributed by atoms with Gasteiger partial charge in [0, 0.05) is 10.5 Å². The van der Waals surface area contributed by atoms with Gasteiger partial charge in [0.25, 0.3) is 0 Å². The molecule has 1 aromatic carbocycles. The van der Waals surface area contributed by atoms with E-state index < -0.39 is 0 Å². The summed E-state index contributed by atoms with van der Waals surface area (Å²) in [6.45, 7) is 4.41. The molecule has 0 fully saturated rings. The number of rotatable bonds is 6. The Kier molecular flexibility index (Phi) is 6.14. The third-order valence-electron chi connectivity index (χ3n) is 3.26. The molecule has 0 aliphatic carbocycles. The van der Waals surface area contributed by atoms with E-state index in [2.05, 4.69) is 35.1 Å². The van der Waals surface area contributed by atoms with Gasteiger partial charge in [-0.1, -0.05) is 42.3 Å². The number of nitrogens with one attached hydrogen (secondary N) is 1. The summed E-state index contributed by atoms with van der Waals surface area (Å²) in [4.78, 5) is 0. The molecule has 1 N–H and O–H groups in total. The van der Waals surface area contributed by atoms with Crippen LogP contribution in [0.15, 0.2) is 22.7 Å². The molecule has 0 aliphatic rings. The van der Waals surface area contributed by atoms with Crippen LogP contribution in [0, 0.1) is 11.7 Å². The van der Waals surface area contributed by atoms with Crippen molar-refractivity contribution in [1.82, 2.24) is 5.32 Å². The summed E-state index contributed by atoms with van der Waals surface area (Å²) in [5.74, 6) is 0.441. The second-order valence-corrected chi connectivity index (χ2v) is 5.52. The monoisotopic (exact) mass is 301 g/mol. The second kappa shape index (κ2) is 7.12. The van der Waals surface area contributed by atoms with E-state index in [9.17, 15) is 4.39 Å². The molecule has 0 aliphatic heterocycles. The maximum Gasteiger partial charge on any atom is 0.127 e. The largest absolute Gasteiger partial charge is 0.316 e. The Hall–Kier alpha value is -0.410. The Morgan fingerprint density at radius 2 is 2.12 bits per heavy atom. The zero-order chi connectivity index (χ0) is 12.8. The maximum atomic E-state index is 13.7. The molecule has 2 atom stereocenters. The van der Waals surface area contributed by atoms with Crippen molar-refractivity contribution in [1.29, 1.82) is 0 Å². The molecule has 0 spiro atoms. The fourth-order valence-corrected chi connectivity index (χ4v) is 2.50. The van der Waals surface area contributed by atoms with Crippen molar-refractivity contribution in [2.45, 2.75) is 39.2 Å². The quantitative estimate of drug-likeness (QED) is 0.832. The third-order valence-corrected chi connectivity index (χ3v) is 3.75. The van der Waals surface area contributed by atoms with Gasteiger partial charge in [-0.25, -0.2) is 4.39 Å². The lowest BCUT2D eigenvalue weighted by Crippen LogP contribution is -2.34. The van der Waals surface area contributed by atoms with Crippen molar-refractivity contribution in [3.05, 3.63) is 34.1 Å². The van der Waals surface area contributed by atoms with Gasteiger partial charge in [0.2, 0.25) is 0 Å². The summed E-state index contributed by atoms with van der Waals surface area (Å²) >= 11 is 3.28. The molecule has 3 heteroatoms. The predicted molar refractivity (Wildman–Crippen MR) is 74.7 cm³/mol. The Bertz CT molecular complexity index is 354. The molecule has 0 heterocycles. The number of halogens is 2. The summed E-state index contributed by atoms with van der Waals surface area (Å²) in [5, 5.41) is 3.30. The summed E-state index contributed by atoms with van der Waals surface area (Å²) in [6.07, 6.45) is 3.09. The predicted octanol–water partition coefficient (Wildman–Crippen LogP) is 4.15. The molecule has 1 nitrogen and oxygen atoms in total. The topological polar surface area (TPSA) is 12.0 Å². The summed E-state index contributed by atoms with van der Waals surface area (Å²) in [5.41, 5.74) is 0.788. The lowest BCUT2D eigenvalue weighted by molar-refractivity contribution is 0.368. The molecule has 96 valence electrons. The third kappa shape index (κ3) is 4.40. The first kappa shape index (κ1) is 14.7. The van der Waals surface area contributed by atoms with Gasteiger partial charge in [-0.15, -0.1) is 0 Å². The molecule has 0 radical (unpaired) electrons. The van der Waals surface area contributed by atoms with E-state index in [-0.39, 0.29) is 5.82 Å². The molecular weight excluding hydrogens is 281 g/mol. The van der Waals surface area contributed by atoms with Gasteiger partial charge in [-0.2, -0.15) is 0 Å². The van der Waals surface area contributed by atoms with Crippen molar-refractivity contribution < 1.29 is 4.39 Å². The zero-order valence-corrected chi connectivity index (χ0v) is 12.3. The Labute approximate surface area is 112 Å². The Morgan fingerprint density at radius 1 is 1.41 bits per heavy atom. The molecular formula is C14H21BrFN. The first-order chi connectivity index (χ1) is 8.08. The van der Waals surface area contributed by atoms with E-state index in [1.165, 1.54) is 18.9 Å². The number of likely N-dealkylation sites (N-methyl/N-ethyl adjacent to an activating group) is 1. The molecule has 2 unspecified atom stereocenters. The van der Waals surface area contributed by atoms with E-state index >= 15 is 0 Å². The Balaban J connectivity index is 2.73. The standard InChI is InChI=1S/C14H21BrFN/c1-4-5-10(2)14(17-3)8-11-6-7-12(15)9-13(11)16/h6-7,9-10,14,17H,4-5,8H2,1-3H3. The first-order valence-corrected chi connectivity index (χ1v) is 6.99. The normalized spacial score (nSPS) is 14.6. The molecule has 1 rings (SSSR count). The van der Waals surface area contributed by atoms with Crippen LogP contribution >= 0.6 is 15.9 Å². The van der Waals surface area contributed by atoms with Gasteiger partial charge in [0.15, 0.2) is 0 Å². The average Bonchev–Trinajstić information content (AvgIpc) is 2.28. The number of hydrogen-bond acceptors (Lipinski definition) is 1. The first-order valence-electron chi connectivity index (χ1n) is 6.19. The van der Waals surface area contributed by atoms with E-state index in [1.807, 2.05) is 19.2 Å². The molecule has 0 aromatic heterocycles. The van der Waals surface area contributed by atoms with Gasteiger partial charge in [0.1, 0.15) is 5.82 Å². The van der Waals surface area contributed by atoms with Gasteiger partial charge in [-0.05, 0) is 43.5 Å². The van der Waals surface area contributed by atoms with Crippen LogP contribution in [0.1, 0.15) is 32.3 Å². The molecule has 0 saturated carbocycles. The van der Waals surface area contributed by atoms with E-state index in [0.29, 0.717) is 12.0 Å². The minimum atomic E-state index is -0.122. The average molecular weight is 302 g/mol. The van der Waals surface area contributed by atoms with Gasteiger partial charge >= 0.3 is 0 Å². The maximum absolute atomic E-state index is 13.7. The van der Waals surface area contributed by atoms with E-state index in [4.69, 9.17) is 0 Å². The van der Waals surface area contributed by atoms with E-state index in [0.717, 1.165) is 16.5 Å². The lowest BCUT2D eigenvalue weighted by atomic mass is 9.91. The van der Waals surface area contributed by atoms with Crippen molar-refractivity contribution in [3.63, 3.8) is 0 Å². The molecule has 17 heavy (non-hydrogen) atoms. The highest BCUT2D eigenvalue weighted by molar-refractivity contribution is 9.10. The van der Waals surface area contributed by atoms with Crippen LogP contribution in [0.4, 0.5) is 4.39 Å². The second-order valence-electron chi connectivity index (χ2n) is 4.60. The lowest BCUT2D eigenvalue weighted by Gasteiger charge is -2.23. The van der Waals surface area contributed by atoms with Gasteiger partial charge < -0.3 is 5.32 Å². The van der Waals surface area contributed by atoms with Crippen molar-refractivity contribution in [2.75, 3.05) is 7.05 Å². The molecule has 1 aromatic rings. The molecule has 0 saturated heterocycles. The van der Waals surface area contributed by atoms with E-state index in [1.54, 1.807) is 0 Å². The van der Waals surface area contributed by atoms with Crippen LogP contribution in [0.25, 0.3) is 0 Å². The summed E-state index contributed by atoms with van der Waals surface area (Å²) in [7, 11) is 1.95. The van der Waals surface area contributed by atoms with Crippen LogP contribution < -0.4 is 5.32 Å².